The number of ether oxygens (including phenoxy) is 1. The van der Waals surface area contributed by atoms with Crippen LogP contribution >= 0.6 is 0 Å². The number of halogens is 2. The minimum Gasteiger partial charge on any atom is -0.448 e. The van der Waals surface area contributed by atoms with Crippen molar-refractivity contribution in [1.29, 1.82) is 0 Å². The first-order valence-electron chi connectivity index (χ1n) is 4.03. The van der Waals surface area contributed by atoms with Gasteiger partial charge in [0.1, 0.15) is 6.61 Å². The highest BCUT2D eigenvalue weighted by molar-refractivity contribution is 5.64. The molecule has 0 aromatic rings. The minimum absolute atomic E-state index is 0.0609. The van der Waals surface area contributed by atoms with Crippen molar-refractivity contribution in [2.75, 3.05) is 13.2 Å². The lowest BCUT2D eigenvalue weighted by Crippen LogP contribution is -2.47. The van der Waals surface area contributed by atoms with E-state index in [0.717, 1.165) is 0 Å². The smallest absolute Gasteiger partial charge is 0.404 e. The van der Waals surface area contributed by atoms with E-state index < -0.39 is 12.0 Å². The summed E-state index contributed by atoms with van der Waals surface area (Å²) < 4.78 is 29.6. The molecule has 1 heterocycles. The van der Waals surface area contributed by atoms with Crippen molar-refractivity contribution in [1.82, 2.24) is 5.32 Å². The molecule has 0 bridgehead atoms. The van der Waals surface area contributed by atoms with Crippen LogP contribution in [0.1, 0.15) is 12.8 Å². The zero-order valence-corrected chi connectivity index (χ0v) is 7.06. The fourth-order valence-corrected chi connectivity index (χ4v) is 1.19. The summed E-state index contributed by atoms with van der Waals surface area (Å²) in [4.78, 5) is 10.2. The predicted octanol–water partition coefficient (Wildman–Crippen LogP) is 0.469. The van der Waals surface area contributed by atoms with E-state index in [4.69, 9.17) is 5.73 Å². The fourth-order valence-electron chi connectivity index (χ4n) is 1.19. The van der Waals surface area contributed by atoms with Gasteiger partial charge in [-0.2, -0.15) is 0 Å². The molecule has 13 heavy (non-hydrogen) atoms. The summed E-state index contributed by atoms with van der Waals surface area (Å²) in [7, 11) is 0. The molecular formula is C7H12F2N2O2. The van der Waals surface area contributed by atoms with Crippen molar-refractivity contribution in [3.8, 4) is 0 Å². The highest BCUT2D eigenvalue weighted by atomic mass is 19.3. The minimum atomic E-state index is -2.64. The van der Waals surface area contributed by atoms with Crippen LogP contribution in [0.15, 0.2) is 0 Å². The Morgan fingerprint density at radius 3 is 2.85 bits per heavy atom. The topological polar surface area (TPSA) is 64.4 Å². The van der Waals surface area contributed by atoms with Crippen molar-refractivity contribution in [3.63, 3.8) is 0 Å². The number of carbonyl (C=O) groups excluding carboxylic acids is 1. The van der Waals surface area contributed by atoms with Crippen LogP contribution < -0.4 is 11.1 Å². The van der Waals surface area contributed by atoms with Gasteiger partial charge in [0.05, 0.1) is 6.54 Å². The van der Waals surface area contributed by atoms with E-state index in [1.54, 1.807) is 0 Å². The lowest BCUT2D eigenvalue weighted by Gasteiger charge is -2.28. The molecule has 1 aliphatic rings. The average Bonchev–Trinajstić information content (AvgIpc) is 2.02. The summed E-state index contributed by atoms with van der Waals surface area (Å²) in [6, 6.07) is -0.202. The van der Waals surface area contributed by atoms with Gasteiger partial charge in [0.25, 0.3) is 5.92 Å². The van der Waals surface area contributed by atoms with E-state index in [2.05, 4.69) is 10.1 Å². The van der Waals surface area contributed by atoms with Crippen LogP contribution in [0, 0.1) is 0 Å². The van der Waals surface area contributed by atoms with E-state index in [0.29, 0.717) is 6.42 Å². The molecule has 0 spiro atoms. The summed E-state index contributed by atoms with van der Waals surface area (Å²) in [6.45, 7) is -0.300. The number of hydrogen-bond donors (Lipinski definition) is 2. The molecule has 3 N–H and O–H groups in total. The SMILES string of the molecule is NC(=O)OC[C@H]1CCC(F)(F)CN1. The Labute approximate surface area is 74.4 Å². The molecule has 1 rings (SSSR count). The van der Waals surface area contributed by atoms with Crippen LogP contribution in [0.5, 0.6) is 0 Å². The van der Waals surface area contributed by atoms with Crippen molar-refractivity contribution >= 4 is 6.09 Å². The molecule has 0 aliphatic carbocycles. The van der Waals surface area contributed by atoms with Gasteiger partial charge in [-0.05, 0) is 6.42 Å². The standard InChI is InChI=1S/C7H12F2N2O2/c8-7(9)2-1-5(11-4-7)3-13-6(10)12/h5,11H,1-4H2,(H2,10,12)/t5-/m1/s1. The van der Waals surface area contributed by atoms with Gasteiger partial charge in [0.2, 0.25) is 0 Å². The monoisotopic (exact) mass is 194 g/mol. The summed E-state index contributed by atoms with van der Waals surface area (Å²) in [5, 5.41) is 2.58. The quantitative estimate of drug-likeness (QED) is 0.671. The number of carbonyl (C=O) groups is 1. The van der Waals surface area contributed by atoms with E-state index in [1.165, 1.54) is 0 Å². The van der Waals surface area contributed by atoms with E-state index >= 15 is 0 Å². The van der Waals surface area contributed by atoms with Crippen molar-refractivity contribution in [2.45, 2.75) is 24.8 Å². The van der Waals surface area contributed by atoms with Gasteiger partial charge >= 0.3 is 6.09 Å². The van der Waals surface area contributed by atoms with Crippen LogP contribution in [-0.2, 0) is 4.74 Å². The number of hydrogen-bond acceptors (Lipinski definition) is 3. The molecule has 0 aromatic carbocycles. The third-order valence-electron chi connectivity index (χ3n) is 1.93. The zero-order valence-electron chi connectivity index (χ0n) is 7.06. The Balaban J connectivity index is 2.21. The predicted molar refractivity (Wildman–Crippen MR) is 41.5 cm³/mol. The lowest BCUT2D eigenvalue weighted by atomic mass is 10.0. The van der Waals surface area contributed by atoms with Crippen LogP contribution in [0.4, 0.5) is 13.6 Å². The molecule has 1 amide bonds. The molecule has 1 saturated heterocycles. The van der Waals surface area contributed by atoms with Crippen molar-refractivity contribution in [2.24, 2.45) is 5.73 Å². The molecule has 0 saturated carbocycles. The second-order valence-corrected chi connectivity index (χ2v) is 3.10. The molecule has 0 aromatic heterocycles. The van der Waals surface area contributed by atoms with Gasteiger partial charge in [0.15, 0.2) is 0 Å². The Morgan fingerprint density at radius 2 is 2.38 bits per heavy atom. The number of rotatable bonds is 2. The number of alkyl halides is 2. The fraction of sp³-hybridized carbons (Fsp3) is 0.857. The Hall–Kier alpha value is -0.910. The average molecular weight is 194 g/mol. The number of piperidine rings is 1. The normalized spacial score (nSPS) is 26.8. The van der Waals surface area contributed by atoms with Gasteiger partial charge in [-0.15, -0.1) is 0 Å². The largest absolute Gasteiger partial charge is 0.448 e. The molecule has 0 radical (unpaired) electrons. The summed E-state index contributed by atoms with van der Waals surface area (Å²) >= 11 is 0. The van der Waals surface area contributed by atoms with Crippen molar-refractivity contribution in [3.05, 3.63) is 0 Å². The maximum absolute atomic E-state index is 12.6. The second-order valence-electron chi connectivity index (χ2n) is 3.10. The van der Waals surface area contributed by atoms with Crippen LogP contribution in [0.2, 0.25) is 0 Å². The van der Waals surface area contributed by atoms with E-state index in [9.17, 15) is 13.6 Å². The van der Waals surface area contributed by atoms with Crippen molar-refractivity contribution < 1.29 is 18.3 Å². The van der Waals surface area contributed by atoms with Crippen LogP contribution in [0.3, 0.4) is 0 Å². The van der Waals surface area contributed by atoms with Crippen LogP contribution in [-0.4, -0.2) is 31.2 Å². The van der Waals surface area contributed by atoms with Gasteiger partial charge in [0, 0.05) is 12.5 Å². The lowest BCUT2D eigenvalue weighted by molar-refractivity contribution is -0.0348. The molecule has 4 nitrogen and oxygen atoms in total. The molecule has 1 atom stereocenters. The zero-order chi connectivity index (χ0) is 9.90. The number of amides is 1. The maximum atomic E-state index is 12.6. The Kier molecular flexibility index (Phi) is 3.02. The highest BCUT2D eigenvalue weighted by Crippen LogP contribution is 2.24. The Morgan fingerprint density at radius 1 is 1.69 bits per heavy atom. The summed E-state index contributed by atoms with van der Waals surface area (Å²) in [6.07, 6.45) is -0.758. The first kappa shape index (κ1) is 10.2. The molecule has 1 aliphatic heterocycles. The molecule has 76 valence electrons. The van der Waals surface area contributed by atoms with Gasteiger partial charge in [-0.25, -0.2) is 13.6 Å². The van der Waals surface area contributed by atoms with Gasteiger partial charge < -0.3 is 15.8 Å². The molecule has 6 heteroatoms. The number of primary amides is 1. The molecule has 1 fully saturated rings. The molecular weight excluding hydrogens is 182 g/mol. The Bertz CT molecular complexity index is 189. The maximum Gasteiger partial charge on any atom is 0.404 e. The first-order valence-corrected chi connectivity index (χ1v) is 4.03. The van der Waals surface area contributed by atoms with Gasteiger partial charge in [-0.1, -0.05) is 0 Å². The molecule has 0 unspecified atom stereocenters. The van der Waals surface area contributed by atoms with E-state index in [1.807, 2.05) is 0 Å². The highest BCUT2D eigenvalue weighted by Gasteiger charge is 2.34. The third kappa shape index (κ3) is 3.54. The van der Waals surface area contributed by atoms with Crippen LogP contribution in [0.25, 0.3) is 0 Å². The third-order valence-corrected chi connectivity index (χ3v) is 1.93. The number of nitrogens with one attached hydrogen (secondary N) is 1. The van der Waals surface area contributed by atoms with E-state index in [-0.39, 0.29) is 25.6 Å². The summed E-state index contributed by atoms with van der Waals surface area (Å²) in [5.74, 6) is -2.64. The van der Waals surface area contributed by atoms with Gasteiger partial charge in [-0.3, -0.25) is 0 Å². The summed E-state index contributed by atoms with van der Waals surface area (Å²) in [5.41, 5.74) is 4.73. The number of nitrogens with two attached hydrogens (primary N) is 1. The first-order chi connectivity index (χ1) is 5.99. The second kappa shape index (κ2) is 3.87.